The lowest BCUT2D eigenvalue weighted by atomic mass is 9.71. The standard InChI is InChI=1S/C11H19NO/c1-5-7-11(8-6-2,9(3)4)10(12)13/h5-6,9H,1-2,7-8H2,3-4H3,(H2,12,13). The van der Waals surface area contributed by atoms with Crippen LogP contribution in [-0.2, 0) is 4.79 Å². The number of primary amides is 1. The summed E-state index contributed by atoms with van der Waals surface area (Å²) in [6.07, 6.45) is 4.72. The Morgan fingerprint density at radius 1 is 1.38 bits per heavy atom. The molecule has 0 aromatic carbocycles. The third-order valence-corrected chi connectivity index (χ3v) is 2.61. The van der Waals surface area contributed by atoms with Crippen molar-refractivity contribution in [2.45, 2.75) is 26.7 Å². The van der Waals surface area contributed by atoms with Crippen molar-refractivity contribution in [3.63, 3.8) is 0 Å². The lowest BCUT2D eigenvalue weighted by Crippen LogP contribution is -2.40. The average molecular weight is 181 g/mol. The van der Waals surface area contributed by atoms with Crippen LogP contribution < -0.4 is 5.73 Å². The van der Waals surface area contributed by atoms with Crippen LogP contribution in [0.4, 0.5) is 0 Å². The lowest BCUT2D eigenvalue weighted by molar-refractivity contribution is -0.129. The number of rotatable bonds is 6. The molecule has 1 amide bonds. The summed E-state index contributed by atoms with van der Waals surface area (Å²) < 4.78 is 0. The maximum atomic E-state index is 11.4. The number of hydrogen-bond acceptors (Lipinski definition) is 1. The van der Waals surface area contributed by atoms with E-state index in [0.717, 1.165) is 0 Å². The van der Waals surface area contributed by atoms with E-state index in [2.05, 4.69) is 13.2 Å². The van der Waals surface area contributed by atoms with Gasteiger partial charge in [-0.15, -0.1) is 13.2 Å². The minimum Gasteiger partial charge on any atom is -0.369 e. The summed E-state index contributed by atoms with van der Waals surface area (Å²) in [6, 6.07) is 0. The molecule has 0 spiro atoms. The Balaban J connectivity index is 4.90. The van der Waals surface area contributed by atoms with Gasteiger partial charge in [-0.3, -0.25) is 4.79 Å². The van der Waals surface area contributed by atoms with Gasteiger partial charge in [0.15, 0.2) is 0 Å². The quantitative estimate of drug-likeness (QED) is 0.627. The van der Waals surface area contributed by atoms with Crippen LogP contribution in [0.5, 0.6) is 0 Å². The molecule has 0 fully saturated rings. The minimum atomic E-state index is -0.497. The van der Waals surface area contributed by atoms with Crippen molar-refractivity contribution in [1.82, 2.24) is 0 Å². The predicted octanol–water partition coefficient (Wildman–Crippen LogP) is 2.27. The fourth-order valence-corrected chi connectivity index (χ4v) is 1.56. The van der Waals surface area contributed by atoms with E-state index in [1.165, 1.54) is 0 Å². The smallest absolute Gasteiger partial charge is 0.224 e. The molecule has 0 bridgehead atoms. The highest BCUT2D eigenvalue weighted by molar-refractivity contribution is 5.81. The van der Waals surface area contributed by atoms with Gasteiger partial charge >= 0.3 is 0 Å². The normalized spacial score (nSPS) is 11.3. The fraction of sp³-hybridized carbons (Fsp3) is 0.545. The molecule has 0 unspecified atom stereocenters. The molecule has 0 aromatic heterocycles. The molecule has 2 N–H and O–H groups in total. The largest absolute Gasteiger partial charge is 0.369 e. The highest BCUT2D eigenvalue weighted by Gasteiger charge is 2.37. The first-order valence-electron chi connectivity index (χ1n) is 4.53. The van der Waals surface area contributed by atoms with E-state index in [1.807, 2.05) is 13.8 Å². The van der Waals surface area contributed by atoms with Gasteiger partial charge in [-0.1, -0.05) is 26.0 Å². The third-order valence-electron chi connectivity index (χ3n) is 2.61. The zero-order valence-corrected chi connectivity index (χ0v) is 8.55. The Bertz CT molecular complexity index is 196. The molecule has 0 heterocycles. The van der Waals surface area contributed by atoms with Crippen molar-refractivity contribution in [2.24, 2.45) is 17.1 Å². The average Bonchev–Trinajstić information content (AvgIpc) is 2.03. The van der Waals surface area contributed by atoms with Gasteiger partial charge in [0.2, 0.25) is 5.91 Å². The van der Waals surface area contributed by atoms with Gasteiger partial charge in [-0.05, 0) is 18.8 Å². The van der Waals surface area contributed by atoms with Gasteiger partial charge in [-0.2, -0.15) is 0 Å². The van der Waals surface area contributed by atoms with E-state index in [1.54, 1.807) is 12.2 Å². The molecule has 13 heavy (non-hydrogen) atoms. The molecular formula is C11H19NO. The van der Waals surface area contributed by atoms with E-state index < -0.39 is 5.41 Å². The summed E-state index contributed by atoms with van der Waals surface area (Å²) in [7, 11) is 0. The van der Waals surface area contributed by atoms with Crippen molar-refractivity contribution in [3.8, 4) is 0 Å². The van der Waals surface area contributed by atoms with Gasteiger partial charge in [0.05, 0.1) is 5.41 Å². The number of carbonyl (C=O) groups is 1. The predicted molar refractivity (Wildman–Crippen MR) is 56.1 cm³/mol. The number of allylic oxidation sites excluding steroid dienone is 2. The van der Waals surface area contributed by atoms with E-state index in [9.17, 15) is 4.79 Å². The number of nitrogens with two attached hydrogens (primary N) is 1. The summed E-state index contributed by atoms with van der Waals surface area (Å²) in [4.78, 5) is 11.4. The summed E-state index contributed by atoms with van der Waals surface area (Å²) in [5.74, 6) is -0.0525. The van der Waals surface area contributed by atoms with Crippen LogP contribution in [-0.4, -0.2) is 5.91 Å². The molecule has 0 aromatic rings. The fourth-order valence-electron chi connectivity index (χ4n) is 1.56. The van der Waals surface area contributed by atoms with Crippen LogP contribution in [0.3, 0.4) is 0 Å². The second-order valence-corrected chi connectivity index (χ2v) is 3.66. The summed E-state index contributed by atoms with van der Waals surface area (Å²) in [5, 5.41) is 0. The van der Waals surface area contributed by atoms with Crippen LogP contribution >= 0.6 is 0 Å². The second kappa shape index (κ2) is 4.85. The first-order valence-corrected chi connectivity index (χ1v) is 4.53. The van der Waals surface area contributed by atoms with Crippen molar-refractivity contribution >= 4 is 5.91 Å². The van der Waals surface area contributed by atoms with Crippen molar-refractivity contribution in [2.75, 3.05) is 0 Å². The molecule has 0 saturated heterocycles. The molecule has 0 aliphatic heterocycles. The van der Waals surface area contributed by atoms with Crippen LogP contribution in [0.15, 0.2) is 25.3 Å². The number of hydrogen-bond donors (Lipinski definition) is 1. The first-order chi connectivity index (χ1) is 6.01. The topological polar surface area (TPSA) is 43.1 Å². The second-order valence-electron chi connectivity index (χ2n) is 3.66. The molecule has 0 saturated carbocycles. The van der Waals surface area contributed by atoms with Crippen molar-refractivity contribution in [3.05, 3.63) is 25.3 Å². The summed E-state index contributed by atoms with van der Waals surface area (Å²) in [5.41, 5.74) is 4.91. The van der Waals surface area contributed by atoms with Crippen LogP contribution in [0, 0.1) is 11.3 Å². The molecular weight excluding hydrogens is 162 g/mol. The van der Waals surface area contributed by atoms with E-state index in [0.29, 0.717) is 12.8 Å². The highest BCUT2D eigenvalue weighted by atomic mass is 16.1. The van der Waals surface area contributed by atoms with E-state index in [-0.39, 0.29) is 11.8 Å². The SMILES string of the molecule is C=CCC(CC=C)(C(N)=O)C(C)C. The molecule has 2 heteroatoms. The van der Waals surface area contributed by atoms with Gasteiger partial charge in [0, 0.05) is 0 Å². The molecule has 2 nitrogen and oxygen atoms in total. The van der Waals surface area contributed by atoms with Gasteiger partial charge in [-0.25, -0.2) is 0 Å². The summed E-state index contributed by atoms with van der Waals surface area (Å²) >= 11 is 0. The molecule has 0 rings (SSSR count). The Hall–Kier alpha value is -1.05. The maximum Gasteiger partial charge on any atom is 0.224 e. The third kappa shape index (κ3) is 2.44. The lowest BCUT2D eigenvalue weighted by Gasteiger charge is -2.32. The van der Waals surface area contributed by atoms with Crippen molar-refractivity contribution in [1.29, 1.82) is 0 Å². The molecule has 0 radical (unpaired) electrons. The van der Waals surface area contributed by atoms with Crippen LogP contribution in [0.25, 0.3) is 0 Å². The minimum absolute atomic E-state index is 0.209. The zero-order chi connectivity index (χ0) is 10.5. The molecule has 0 aliphatic rings. The Morgan fingerprint density at radius 2 is 1.77 bits per heavy atom. The maximum absolute atomic E-state index is 11.4. The molecule has 74 valence electrons. The Labute approximate surface area is 80.5 Å². The number of carbonyl (C=O) groups excluding carboxylic acids is 1. The highest BCUT2D eigenvalue weighted by Crippen LogP contribution is 2.35. The molecule has 0 aliphatic carbocycles. The van der Waals surface area contributed by atoms with Gasteiger partial charge < -0.3 is 5.73 Å². The van der Waals surface area contributed by atoms with Crippen LogP contribution in [0.2, 0.25) is 0 Å². The van der Waals surface area contributed by atoms with E-state index >= 15 is 0 Å². The Kier molecular flexibility index (Phi) is 4.46. The molecule has 0 atom stereocenters. The van der Waals surface area contributed by atoms with E-state index in [4.69, 9.17) is 5.73 Å². The zero-order valence-electron chi connectivity index (χ0n) is 8.55. The number of amides is 1. The van der Waals surface area contributed by atoms with Crippen molar-refractivity contribution < 1.29 is 4.79 Å². The van der Waals surface area contributed by atoms with Gasteiger partial charge in [0.25, 0.3) is 0 Å². The monoisotopic (exact) mass is 181 g/mol. The summed E-state index contributed by atoms with van der Waals surface area (Å²) in [6.45, 7) is 11.3. The van der Waals surface area contributed by atoms with Gasteiger partial charge in [0.1, 0.15) is 0 Å². The first kappa shape index (κ1) is 11.9. The Morgan fingerprint density at radius 3 is 1.92 bits per heavy atom. The van der Waals surface area contributed by atoms with Crippen LogP contribution in [0.1, 0.15) is 26.7 Å².